The van der Waals surface area contributed by atoms with Crippen LogP contribution in [0.5, 0.6) is 0 Å². The zero-order chi connectivity index (χ0) is 39.9. The molecule has 1 saturated heterocycles. The van der Waals surface area contributed by atoms with Gasteiger partial charge in [-0.3, -0.25) is 19.1 Å². The summed E-state index contributed by atoms with van der Waals surface area (Å²) >= 11 is 0. The van der Waals surface area contributed by atoms with E-state index in [0.29, 0.717) is 43.2 Å². The molecule has 5 aliphatic rings. The van der Waals surface area contributed by atoms with Crippen molar-refractivity contribution >= 4 is 39.9 Å². The number of carbonyl (C=O) groups excluding carboxylic acids is 5. The first-order chi connectivity index (χ1) is 25.8. The maximum atomic E-state index is 14.3. The van der Waals surface area contributed by atoms with Gasteiger partial charge in [0.2, 0.25) is 21.8 Å². The van der Waals surface area contributed by atoms with Crippen LogP contribution in [0, 0.1) is 5.92 Å². The number of nitrogens with zero attached hydrogens (tertiary/aromatic N) is 2. The molecule has 5 atom stereocenters. The van der Waals surface area contributed by atoms with Gasteiger partial charge in [0.25, 0.3) is 5.91 Å². The minimum Gasteiger partial charge on any atom is -0.444 e. The van der Waals surface area contributed by atoms with Gasteiger partial charge in [0, 0.05) is 25.4 Å². The standard InChI is InChI=1S/C37H48F3N5O9S/c1-35(2,3)54-33(49)41-28-10-8-6-4-5-7-9-25-19-36(25,32(48)43-55(51,52)27-13-14-27)42-30(46)29-18-26(21-45(29)31(28)47)53-34(50)44-16-15-22-17-24(37(38,39)40)12-11-23(22)20-44/h7,9,11-12,17,25-29H,4-6,8,10,13-16,18-21H2,1-3H3,(H,41,49)(H,42,46)(H,43,48)/t25-,26-,28-,29+,36-/m1/s1. The van der Waals surface area contributed by atoms with E-state index in [1.165, 1.54) is 15.9 Å². The monoisotopic (exact) mass is 795 g/mol. The molecule has 0 bridgehead atoms. The number of ether oxygens (including phenoxy) is 2. The number of halogens is 3. The molecule has 18 heteroatoms. The first-order valence-electron chi connectivity index (χ1n) is 18.7. The molecule has 3 aliphatic heterocycles. The number of hydrogen-bond donors (Lipinski definition) is 3. The van der Waals surface area contributed by atoms with Crippen molar-refractivity contribution in [1.29, 1.82) is 0 Å². The van der Waals surface area contributed by atoms with Crippen molar-refractivity contribution in [2.24, 2.45) is 5.92 Å². The minimum absolute atomic E-state index is 0.0102. The molecule has 0 radical (unpaired) electrons. The van der Waals surface area contributed by atoms with Crippen molar-refractivity contribution in [1.82, 2.24) is 25.2 Å². The van der Waals surface area contributed by atoms with Crippen molar-refractivity contribution < 1.29 is 55.0 Å². The first kappa shape index (κ1) is 40.3. The highest BCUT2D eigenvalue weighted by Gasteiger charge is 2.62. The lowest BCUT2D eigenvalue weighted by Gasteiger charge is -2.30. The Hall–Kier alpha value is -4.35. The van der Waals surface area contributed by atoms with E-state index in [1.807, 2.05) is 6.08 Å². The summed E-state index contributed by atoms with van der Waals surface area (Å²) < 4.78 is 78.8. The number of carbonyl (C=O) groups is 5. The van der Waals surface area contributed by atoms with Crippen LogP contribution in [-0.2, 0) is 53.0 Å². The number of allylic oxidation sites excluding steroid dienone is 1. The van der Waals surface area contributed by atoms with E-state index in [0.717, 1.165) is 18.6 Å². The summed E-state index contributed by atoms with van der Waals surface area (Å²) in [7, 11) is -3.95. The summed E-state index contributed by atoms with van der Waals surface area (Å²) in [4.78, 5) is 71.1. The average molecular weight is 796 g/mol. The van der Waals surface area contributed by atoms with Gasteiger partial charge in [-0.15, -0.1) is 0 Å². The number of amides is 5. The predicted molar refractivity (Wildman–Crippen MR) is 190 cm³/mol. The molecule has 2 aliphatic carbocycles. The van der Waals surface area contributed by atoms with Crippen LogP contribution < -0.4 is 15.4 Å². The molecular weight excluding hydrogens is 747 g/mol. The lowest BCUT2D eigenvalue weighted by Crippen LogP contribution is -2.58. The second-order valence-corrected chi connectivity index (χ2v) is 18.1. The van der Waals surface area contributed by atoms with Crippen LogP contribution in [0.25, 0.3) is 0 Å². The maximum Gasteiger partial charge on any atom is 0.416 e. The molecule has 55 heavy (non-hydrogen) atoms. The molecule has 3 N–H and O–H groups in total. The van der Waals surface area contributed by atoms with Crippen molar-refractivity contribution in [2.75, 3.05) is 13.1 Å². The van der Waals surface area contributed by atoms with Crippen molar-refractivity contribution in [3.63, 3.8) is 0 Å². The molecule has 3 fully saturated rings. The van der Waals surface area contributed by atoms with Crippen LogP contribution in [0.1, 0.15) is 95.2 Å². The molecule has 0 aromatic heterocycles. The van der Waals surface area contributed by atoms with E-state index in [-0.39, 0.29) is 45.3 Å². The minimum atomic E-state index is -4.51. The predicted octanol–water partition coefficient (Wildman–Crippen LogP) is 4.07. The smallest absolute Gasteiger partial charge is 0.416 e. The van der Waals surface area contributed by atoms with Crippen LogP contribution >= 0.6 is 0 Å². The molecule has 302 valence electrons. The van der Waals surface area contributed by atoms with Gasteiger partial charge in [-0.05, 0) is 89.0 Å². The van der Waals surface area contributed by atoms with Crippen LogP contribution in [0.2, 0.25) is 0 Å². The lowest BCUT2D eigenvalue weighted by atomic mass is 9.97. The van der Waals surface area contributed by atoms with Gasteiger partial charge in [0.05, 0.1) is 17.4 Å². The normalized spacial score (nSPS) is 27.7. The third kappa shape index (κ3) is 9.55. The first-order valence-corrected chi connectivity index (χ1v) is 20.3. The fraction of sp³-hybridized carbons (Fsp3) is 0.649. The fourth-order valence-corrected chi connectivity index (χ4v) is 8.76. The number of alkyl carbamates (subject to hydrolysis) is 1. The van der Waals surface area contributed by atoms with E-state index in [9.17, 15) is 45.6 Å². The molecule has 2 saturated carbocycles. The molecule has 6 rings (SSSR count). The van der Waals surface area contributed by atoms with E-state index >= 15 is 0 Å². The van der Waals surface area contributed by atoms with Gasteiger partial charge >= 0.3 is 18.4 Å². The molecule has 1 aromatic rings. The summed E-state index contributed by atoms with van der Waals surface area (Å²) in [6, 6.07) is 0.954. The second kappa shape index (κ2) is 15.3. The Labute approximate surface area is 317 Å². The van der Waals surface area contributed by atoms with Crippen molar-refractivity contribution in [3.05, 3.63) is 47.0 Å². The largest absolute Gasteiger partial charge is 0.444 e. The highest BCUT2D eigenvalue weighted by Crippen LogP contribution is 2.46. The lowest BCUT2D eigenvalue weighted by molar-refractivity contribution is -0.141. The molecule has 0 spiro atoms. The Morgan fingerprint density at radius 1 is 1.02 bits per heavy atom. The Bertz CT molecular complexity index is 1840. The number of alkyl halides is 3. The molecule has 0 unspecified atom stereocenters. The second-order valence-electron chi connectivity index (χ2n) is 16.1. The summed E-state index contributed by atoms with van der Waals surface area (Å²) in [5.74, 6) is -2.78. The van der Waals surface area contributed by atoms with Crippen LogP contribution in [0.3, 0.4) is 0 Å². The molecule has 1 aromatic carbocycles. The molecule has 14 nitrogen and oxygen atoms in total. The van der Waals surface area contributed by atoms with E-state index < -0.39 is 92.2 Å². The Morgan fingerprint density at radius 2 is 1.76 bits per heavy atom. The van der Waals surface area contributed by atoms with E-state index in [4.69, 9.17) is 9.47 Å². The van der Waals surface area contributed by atoms with Crippen LogP contribution in [0.4, 0.5) is 22.8 Å². The Balaban J connectivity index is 1.23. The van der Waals surface area contributed by atoms with Gasteiger partial charge in [0.15, 0.2) is 0 Å². The third-order valence-corrected chi connectivity index (χ3v) is 12.4. The Kier molecular flexibility index (Phi) is 11.2. The highest BCUT2D eigenvalue weighted by molar-refractivity contribution is 7.91. The Morgan fingerprint density at radius 3 is 2.45 bits per heavy atom. The van der Waals surface area contributed by atoms with Crippen molar-refractivity contribution in [2.45, 2.75) is 132 Å². The number of fused-ring (bicyclic) bond motifs is 3. The van der Waals surface area contributed by atoms with Gasteiger partial charge in [0.1, 0.15) is 29.3 Å². The van der Waals surface area contributed by atoms with E-state index in [2.05, 4.69) is 15.4 Å². The zero-order valence-corrected chi connectivity index (χ0v) is 31.9. The van der Waals surface area contributed by atoms with Gasteiger partial charge in [-0.1, -0.05) is 31.1 Å². The molecular formula is C37H48F3N5O9S. The summed E-state index contributed by atoms with van der Waals surface area (Å²) in [5.41, 5.74) is -2.25. The average Bonchev–Trinajstić information content (AvgIpc) is 4.02. The number of benzene rings is 1. The molecule has 3 heterocycles. The number of hydrogen-bond acceptors (Lipinski definition) is 9. The fourth-order valence-electron chi connectivity index (χ4n) is 7.40. The van der Waals surface area contributed by atoms with Gasteiger partial charge in [-0.2, -0.15) is 13.2 Å². The number of rotatable bonds is 5. The zero-order valence-electron chi connectivity index (χ0n) is 31.1. The highest BCUT2D eigenvalue weighted by atomic mass is 32.2. The number of nitrogens with one attached hydrogen (secondary N) is 3. The summed E-state index contributed by atoms with van der Waals surface area (Å²) in [6.07, 6.45) is 0.289. The SMILES string of the molecule is CC(C)(C)OC(=O)N[C@@H]1CCCCCC=C[C@@H]2C[C@@]2(C(=O)NS(=O)(=O)C2CC2)NC(=O)[C@@H]2C[C@@H](OC(=O)N3CCc4cc(C(F)(F)F)ccc4C3)CN2C1=O. The van der Waals surface area contributed by atoms with E-state index in [1.54, 1.807) is 26.8 Å². The quantitative estimate of drug-likeness (QED) is 0.371. The van der Waals surface area contributed by atoms with Crippen LogP contribution in [0.15, 0.2) is 30.4 Å². The summed E-state index contributed by atoms with van der Waals surface area (Å²) in [6.45, 7) is 4.84. The van der Waals surface area contributed by atoms with Gasteiger partial charge < -0.3 is 29.9 Å². The maximum absolute atomic E-state index is 14.3. The number of sulfonamides is 1. The molecule has 5 amide bonds. The third-order valence-electron chi connectivity index (χ3n) is 10.6. The topological polar surface area (TPSA) is 181 Å². The summed E-state index contributed by atoms with van der Waals surface area (Å²) in [5, 5.41) is 4.72. The van der Waals surface area contributed by atoms with Crippen molar-refractivity contribution in [3.8, 4) is 0 Å². The van der Waals surface area contributed by atoms with Crippen LogP contribution in [-0.4, -0.2) is 95.8 Å². The van der Waals surface area contributed by atoms with Gasteiger partial charge in [-0.25, -0.2) is 18.0 Å².